The van der Waals surface area contributed by atoms with Crippen LogP contribution in [0, 0.1) is 17.2 Å². The lowest BCUT2D eigenvalue weighted by Gasteiger charge is -2.36. The van der Waals surface area contributed by atoms with Crippen molar-refractivity contribution in [2.24, 2.45) is 5.92 Å². The fraction of sp³-hybridized carbons (Fsp3) is 0.423. The minimum Gasteiger partial charge on any atom is -0.374 e. The number of nitriles is 1. The second-order valence-electron chi connectivity index (χ2n) is 9.86. The smallest absolute Gasteiger partial charge is 0.241 e. The number of aliphatic hydroxyl groups is 1. The normalized spacial score (nSPS) is 22.6. The van der Waals surface area contributed by atoms with Gasteiger partial charge < -0.3 is 15.3 Å². The third-order valence-corrected chi connectivity index (χ3v) is 7.92. The van der Waals surface area contributed by atoms with E-state index >= 15 is 0 Å². The maximum atomic E-state index is 14.0. The van der Waals surface area contributed by atoms with Crippen LogP contribution in [-0.2, 0) is 15.0 Å². The van der Waals surface area contributed by atoms with E-state index in [2.05, 4.69) is 11.4 Å². The number of carbonyl (C=O) groups excluding carboxylic acids is 2. The Kier molecular flexibility index (Phi) is 7.57. The summed E-state index contributed by atoms with van der Waals surface area (Å²) >= 11 is 18.7. The predicted molar refractivity (Wildman–Crippen MR) is 140 cm³/mol. The van der Waals surface area contributed by atoms with Gasteiger partial charge in [0.15, 0.2) is 0 Å². The summed E-state index contributed by atoms with van der Waals surface area (Å²) in [5.74, 6) is -0.461. The van der Waals surface area contributed by atoms with Gasteiger partial charge in [0.2, 0.25) is 11.8 Å². The molecule has 4 rings (SSSR count). The molecule has 1 unspecified atom stereocenters. The first-order chi connectivity index (χ1) is 17.0. The van der Waals surface area contributed by atoms with E-state index in [-0.39, 0.29) is 46.3 Å². The molecule has 1 fully saturated rings. The maximum Gasteiger partial charge on any atom is 0.241 e. The van der Waals surface area contributed by atoms with Gasteiger partial charge in [-0.1, -0.05) is 66.8 Å². The highest BCUT2D eigenvalue weighted by Crippen LogP contribution is 2.47. The number of para-hydroxylation sites is 1. The van der Waals surface area contributed by atoms with Crippen LogP contribution in [0.15, 0.2) is 36.4 Å². The van der Waals surface area contributed by atoms with E-state index in [4.69, 9.17) is 34.8 Å². The molecule has 190 valence electrons. The van der Waals surface area contributed by atoms with E-state index in [0.717, 1.165) is 5.56 Å². The molecule has 0 aromatic heterocycles. The molecule has 0 radical (unpaired) electrons. The second-order valence-corrected chi connectivity index (χ2v) is 11.1. The van der Waals surface area contributed by atoms with Crippen LogP contribution in [0.1, 0.15) is 44.0 Å². The number of hydrogen-bond acceptors (Lipinski definition) is 5. The third-order valence-electron chi connectivity index (χ3n) is 7.08. The van der Waals surface area contributed by atoms with Crippen molar-refractivity contribution in [2.75, 3.05) is 18.9 Å². The van der Waals surface area contributed by atoms with E-state index in [9.17, 15) is 20.0 Å². The summed E-state index contributed by atoms with van der Waals surface area (Å²) in [4.78, 5) is 30.1. The van der Waals surface area contributed by atoms with Crippen LogP contribution < -0.4 is 5.32 Å². The van der Waals surface area contributed by atoms with E-state index in [0.29, 0.717) is 17.1 Å². The van der Waals surface area contributed by atoms with Gasteiger partial charge in [0.1, 0.15) is 12.3 Å². The van der Waals surface area contributed by atoms with E-state index in [1.807, 2.05) is 38.1 Å². The SMILES string of the molecule is CC(C)C[C@@H](C(=O)N1C[C@]2(C[C@H]1C#N)C(=O)Nc1ccccc12)N(C)C(O)c1c(Cl)cc(Cl)cc1Cl. The molecule has 2 aromatic carbocycles. The molecule has 2 aliphatic heterocycles. The zero-order chi connectivity index (χ0) is 26.4. The Morgan fingerprint density at radius 2 is 1.92 bits per heavy atom. The van der Waals surface area contributed by atoms with Crippen LogP contribution >= 0.6 is 34.8 Å². The van der Waals surface area contributed by atoms with Crippen molar-refractivity contribution in [2.45, 2.75) is 50.4 Å². The largest absolute Gasteiger partial charge is 0.374 e. The maximum absolute atomic E-state index is 14.0. The molecule has 4 atom stereocenters. The monoisotopic (exact) mass is 548 g/mol. The molecular formula is C26H27Cl3N4O3. The molecule has 2 heterocycles. The molecule has 0 bridgehead atoms. The summed E-state index contributed by atoms with van der Waals surface area (Å²) in [6, 6.07) is 10.9. The van der Waals surface area contributed by atoms with Gasteiger partial charge in [-0.2, -0.15) is 5.26 Å². The summed E-state index contributed by atoms with van der Waals surface area (Å²) in [6.45, 7) is 4.02. The summed E-state index contributed by atoms with van der Waals surface area (Å²) in [5, 5.41) is 24.8. The average molecular weight is 550 g/mol. The number of hydrogen-bond donors (Lipinski definition) is 2. The van der Waals surface area contributed by atoms with Crippen LogP contribution in [0.25, 0.3) is 0 Å². The highest BCUT2D eigenvalue weighted by Gasteiger charge is 2.56. The number of carbonyl (C=O) groups is 2. The molecule has 10 heteroatoms. The number of nitrogens with zero attached hydrogens (tertiary/aromatic N) is 3. The fourth-order valence-corrected chi connectivity index (χ4v) is 6.25. The number of fused-ring (bicyclic) bond motifs is 2. The lowest BCUT2D eigenvalue weighted by Crippen LogP contribution is -2.51. The van der Waals surface area contributed by atoms with Crippen molar-refractivity contribution in [1.82, 2.24) is 9.80 Å². The minimum atomic E-state index is -1.30. The predicted octanol–water partition coefficient (Wildman–Crippen LogP) is 5.00. The molecule has 2 N–H and O–H groups in total. The number of rotatable bonds is 6. The van der Waals surface area contributed by atoms with Gasteiger partial charge in [0, 0.05) is 29.2 Å². The summed E-state index contributed by atoms with van der Waals surface area (Å²) in [6.07, 6.45) is -0.699. The van der Waals surface area contributed by atoms with Gasteiger partial charge in [0.25, 0.3) is 0 Å². The van der Waals surface area contributed by atoms with Crippen molar-refractivity contribution < 1.29 is 14.7 Å². The van der Waals surface area contributed by atoms with Gasteiger partial charge in [0.05, 0.1) is 27.6 Å². The van der Waals surface area contributed by atoms with Crippen molar-refractivity contribution in [3.63, 3.8) is 0 Å². The number of nitrogens with one attached hydrogen (secondary N) is 1. The number of aliphatic hydroxyl groups excluding tert-OH is 1. The number of benzene rings is 2. The third kappa shape index (κ3) is 4.57. The first kappa shape index (κ1) is 26.7. The molecule has 2 amide bonds. The van der Waals surface area contributed by atoms with Gasteiger partial charge in [-0.3, -0.25) is 14.5 Å². The Hall–Kier alpha value is -2.34. The molecule has 36 heavy (non-hydrogen) atoms. The fourth-order valence-electron chi connectivity index (χ4n) is 5.24. The van der Waals surface area contributed by atoms with Crippen molar-refractivity contribution >= 4 is 52.3 Å². The van der Waals surface area contributed by atoms with Gasteiger partial charge in [-0.05, 0) is 43.1 Å². The molecule has 2 aliphatic rings. The van der Waals surface area contributed by atoms with Crippen molar-refractivity contribution in [3.8, 4) is 6.07 Å². The first-order valence-corrected chi connectivity index (χ1v) is 12.8. The molecule has 7 nitrogen and oxygen atoms in total. The van der Waals surface area contributed by atoms with Crippen molar-refractivity contribution in [1.29, 1.82) is 5.26 Å². The number of anilines is 1. The first-order valence-electron chi connectivity index (χ1n) is 11.7. The number of amides is 2. The summed E-state index contributed by atoms with van der Waals surface area (Å²) in [5.41, 5.74) is 0.742. The van der Waals surface area contributed by atoms with Gasteiger partial charge >= 0.3 is 0 Å². The Bertz CT molecular complexity index is 1220. The zero-order valence-corrected chi connectivity index (χ0v) is 22.4. The topological polar surface area (TPSA) is 96.7 Å². The number of halogens is 3. The molecule has 0 aliphatic carbocycles. The van der Waals surface area contributed by atoms with E-state index in [1.165, 1.54) is 21.9 Å². The van der Waals surface area contributed by atoms with Crippen LogP contribution in [0.5, 0.6) is 0 Å². The van der Waals surface area contributed by atoms with Crippen LogP contribution in [0.4, 0.5) is 5.69 Å². The lowest BCUT2D eigenvalue weighted by molar-refractivity contribution is -0.142. The van der Waals surface area contributed by atoms with Crippen LogP contribution in [0.2, 0.25) is 15.1 Å². The van der Waals surface area contributed by atoms with Gasteiger partial charge in [-0.25, -0.2) is 0 Å². The summed E-state index contributed by atoms with van der Waals surface area (Å²) in [7, 11) is 1.61. The average Bonchev–Trinajstić information content (AvgIpc) is 3.34. The Morgan fingerprint density at radius 1 is 1.28 bits per heavy atom. The molecule has 1 spiro atoms. The number of likely N-dealkylation sites (tertiary alicyclic amines) is 1. The van der Waals surface area contributed by atoms with E-state index in [1.54, 1.807) is 7.05 Å². The van der Waals surface area contributed by atoms with E-state index < -0.39 is 23.7 Å². The second kappa shape index (κ2) is 10.2. The van der Waals surface area contributed by atoms with Crippen LogP contribution in [0.3, 0.4) is 0 Å². The highest BCUT2D eigenvalue weighted by atomic mass is 35.5. The number of likely N-dealkylation sites (N-methyl/N-ethyl adjacent to an activating group) is 1. The minimum absolute atomic E-state index is 0.0773. The highest BCUT2D eigenvalue weighted by molar-refractivity contribution is 6.39. The van der Waals surface area contributed by atoms with Crippen LogP contribution in [-0.4, -0.2) is 52.4 Å². The molecular weight excluding hydrogens is 523 g/mol. The molecule has 0 saturated carbocycles. The Labute approximate surface area is 225 Å². The quantitative estimate of drug-likeness (QED) is 0.495. The lowest BCUT2D eigenvalue weighted by atomic mass is 9.80. The Balaban J connectivity index is 1.68. The standard InChI is InChI=1S/C26H27Cl3N4O3/c1-14(2)8-21(32(3)24(35)22-18(28)9-15(27)10-19(22)29)23(34)33-13-26(11-16(33)12-30)17-6-4-5-7-20(17)31-25(26)36/h4-7,9-10,14,16,21,24,35H,8,11,13H2,1-3H3,(H,31,36)/t16-,21-,24?,26-/m0/s1. The van der Waals surface area contributed by atoms with Crippen molar-refractivity contribution in [3.05, 3.63) is 62.6 Å². The summed E-state index contributed by atoms with van der Waals surface area (Å²) < 4.78 is 0. The zero-order valence-electron chi connectivity index (χ0n) is 20.1. The molecule has 1 saturated heterocycles. The van der Waals surface area contributed by atoms with Gasteiger partial charge in [-0.15, -0.1) is 0 Å². The molecule has 2 aromatic rings. The Morgan fingerprint density at radius 3 is 2.53 bits per heavy atom.